The number of allylic oxidation sites excluding steroid dienone is 1. The minimum Gasteiger partial charge on any atom is -0.493 e. The fourth-order valence-corrected chi connectivity index (χ4v) is 4.41. The summed E-state index contributed by atoms with van der Waals surface area (Å²) < 4.78 is 18.9. The fourth-order valence-electron chi connectivity index (χ4n) is 4.23. The zero-order chi connectivity index (χ0) is 26.8. The molecule has 2 aromatic heterocycles. The molecule has 0 bridgehead atoms. The maximum Gasteiger partial charge on any atom is 0.282 e. The summed E-state index contributed by atoms with van der Waals surface area (Å²) in [5.74, 6) is 1.90. The number of para-hydroxylation sites is 1. The molecular formula is C30H26ClN3O4. The number of rotatable bonds is 8. The molecule has 0 radical (unpaired) electrons. The van der Waals surface area contributed by atoms with Crippen molar-refractivity contribution in [2.24, 2.45) is 5.10 Å². The Labute approximate surface area is 224 Å². The van der Waals surface area contributed by atoms with E-state index in [-0.39, 0.29) is 17.5 Å². The summed E-state index contributed by atoms with van der Waals surface area (Å²) in [6.45, 7) is 7.78. The molecule has 0 spiro atoms. The van der Waals surface area contributed by atoms with Crippen molar-refractivity contribution in [2.75, 3.05) is 7.11 Å². The summed E-state index contributed by atoms with van der Waals surface area (Å²) >= 11 is 6.16. The van der Waals surface area contributed by atoms with Crippen LogP contribution in [0.25, 0.3) is 33.5 Å². The topological polar surface area (TPSA) is 78.9 Å². The smallest absolute Gasteiger partial charge is 0.282 e. The summed E-state index contributed by atoms with van der Waals surface area (Å²) in [6.07, 6.45) is 3.93. The van der Waals surface area contributed by atoms with E-state index >= 15 is 0 Å². The van der Waals surface area contributed by atoms with E-state index in [1.54, 1.807) is 61.9 Å². The quantitative estimate of drug-likeness (QED) is 0.162. The summed E-state index contributed by atoms with van der Waals surface area (Å²) in [4.78, 5) is 18.3. The number of hydrogen-bond acceptors (Lipinski definition) is 6. The van der Waals surface area contributed by atoms with Crippen LogP contribution in [0.5, 0.6) is 11.5 Å². The molecular weight excluding hydrogens is 502 g/mol. The van der Waals surface area contributed by atoms with Gasteiger partial charge in [-0.1, -0.05) is 29.8 Å². The average molecular weight is 528 g/mol. The van der Waals surface area contributed by atoms with Gasteiger partial charge in [0, 0.05) is 16.0 Å². The third-order valence-electron chi connectivity index (χ3n) is 5.87. The molecule has 0 saturated heterocycles. The second-order valence-corrected chi connectivity index (χ2v) is 9.41. The van der Waals surface area contributed by atoms with Gasteiger partial charge >= 0.3 is 0 Å². The first-order chi connectivity index (χ1) is 18.4. The molecule has 38 heavy (non-hydrogen) atoms. The highest BCUT2D eigenvalue weighted by Gasteiger charge is 2.17. The Bertz CT molecular complexity index is 1750. The minimum atomic E-state index is -0.321. The lowest BCUT2D eigenvalue weighted by Crippen LogP contribution is -2.20. The second-order valence-electron chi connectivity index (χ2n) is 8.98. The maximum absolute atomic E-state index is 13.6. The molecule has 0 amide bonds. The molecule has 5 rings (SSSR count). The second kappa shape index (κ2) is 10.6. The summed E-state index contributed by atoms with van der Waals surface area (Å²) in [7, 11) is 1.59. The number of fused-ring (bicyclic) bond motifs is 2. The predicted molar refractivity (Wildman–Crippen MR) is 152 cm³/mol. The summed E-state index contributed by atoms with van der Waals surface area (Å²) in [6, 6.07) is 18.0. The highest BCUT2D eigenvalue weighted by atomic mass is 35.5. The van der Waals surface area contributed by atoms with Crippen LogP contribution < -0.4 is 15.0 Å². The van der Waals surface area contributed by atoms with Gasteiger partial charge in [0.1, 0.15) is 5.58 Å². The van der Waals surface area contributed by atoms with Gasteiger partial charge in [0.15, 0.2) is 17.3 Å². The predicted octanol–water partition coefficient (Wildman–Crippen LogP) is 6.87. The van der Waals surface area contributed by atoms with E-state index in [0.29, 0.717) is 45.2 Å². The molecule has 0 aliphatic carbocycles. The van der Waals surface area contributed by atoms with E-state index in [9.17, 15) is 4.79 Å². The van der Waals surface area contributed by atoms with Gasteiger partial charge in [0.2, 0.25) is 5.82 Å². The number of nitrogens with zero attached hydrogens (tertiary/aromatic N) is 3. The van der Waals surface area contributed by atoms with Crippen molar-refractivity contribution in [1.82, 2.24) is 9.66 Å². The molecule has 0 N–H and O–H groups in total. The normalized spacial score (nSPS) is 11.6. The van der Waals surface area contributed by atoms with Crippen molar-refractivity contribution in [3.63, 3.8) is 0 Å². The lowest BCUT2D eigenvalue weighted by molar-refractivity contribution is 0.228. The standard InChI is InChI=1S/C30H26ClN3O4/c1-5-8-20-13-19(14-26(36-4)28(20)37-18(2)3)17-32-34-29(33-24-10-7-6-9-23(24)30(34)35)27-16-21-15-22(31)11-12-25(21)38-27/h5-7,9-18H,1,8H2,2-4H3. The van der Waals surface area contributed by atoms with Crippen molar-refractivity contribution in [3.8, 4) is 23.1 Å². The molecule has 0 atom stereocenters. The Morgan fingerprint density at radius 3 is 2.74 bits per heavy atom. The molecule has 192 valence electrons. The molecule has 8 heteroatoms. The number of furan rings is 1. The molecule has 0 fully saturated rings. The summed E-state index contributed by atoms with van der Waals surface area (Å²) in [5.41, 5.74) is 2.47. The lowest BCUT2D eigenvalue weighted by atomic mass is 10.1. The molecule has 7 nitrogen and oxygen atoms in total. The minimum absolute atomic E-state index is 0.0320. The van der Waals surface area contributed by atoms with Crippen LogP contribution in [0.4, 0.5) is 0 Å². The van der Waals surface area contributed by atoms with Gasteiger partial charge in [-0.15, -0.1) is 6.58 Å². The number of aromatic nitrogens is 2. The van der Waals surface area contributed by atoms with Crippen LogP contribution >= 0.6 is 11.6 Å². The summed E-state index contributed by atoms with van der Waals surface area (Å²) in [5, 5.41) is 6.39. The van der Waals surface area contributed by atoms with Crippen LogP contribution in [0, 0.1) is 0 Å². The van der Waals surface area contributed by atoms with E-state index in [4.69, 9.17) is 30.5 Å². The van der Waals surface area contributed by atoms with E-state index in [1.165, 1.54) is 4.68 Å². The van der Waals surface area contributed by atoms with Gasteiger partial charge in [-0.2, -0.15) is 9.78 Å². The van der Waals surface area contributed by atoms with Crippen molar-refractivity contribution in [3.05, 3.63) is 99.8 Å². The lowest BCUT2D eigenvalue weighted by Gasteiger charge is -2.18. The monoisotopic (exact) mass is 527 g/mol. The van der Waals surface area contributed by atoms with Crippen LogP contribution in [-0.4, -0.2) is 29.1 Å². The number of ether oxygens (including phenoxy) is 2. The van der Waals surface area contributed by atoms with Crippen molar-refractivity contribution in [1.29, 1.82) is 0 Å². The SMILES string of the molecule is C=CCc1cc(C=Nn2c(-c3cc4cc(Cl)ccc4o3)nc3ccccc3c2=O)cc(OC)c1OC(C)C. The Balaban J connectivity index is 1.67. The van der Waals surface area contributed by atoms with Gasteiger partial charge in [0.25, 0.3) is 5.56 Å². The van der Waals surface area contributed by atoms with Crippen LogP contribution in [-0.2, 0) is 6.42 Å². The number of methoxy groups -OCH3 is 1. The largest absolute Gasteiger partial charge is 0.493 e. The molecule has 0 aliphatic heterocycles. The van der Waals surface area contributed by atoms with E-state index in [2.05, 4.69) is 11.7 Å². The van der Waals surface area contributed by atoms with E-state index in [1.807, 2.05) is 32.0 Å². The highest BCUT2D eigenvalue weighted by Crippen LogP contribution is 2.34. The third kappa shape index (κ3) is 4.93. The zero-order valence-electron chi connectivity index (χ0n) is 21.3. The van der Waals surface area contributed by atoms with Crippen LogP contribution in [0.15, 0.2) is 87.6 Å². The first kappa shape index (κ1) is 25.3. The Kier molecular flexibility index (Phi) is 7.03. The number of halogens is 1. The average Bonchev–Trinajstić information content (AvgIpc) is 3.32. The van der Waals surface area contributed by atoms with Gasteiger partial charge in [-0.3, -0.25) is 4.79 Å². The molecule has 0 unspecified atom stereocenters. The Morgan fingerprint density at radius 1 is 1.16 bits per heavy atom. The van der Waals surface area contributed by atoms with Gasteiger partial charge in [-0.25, -0.2) is 4.98 Å². The molecule has 0 aliphatic rings. The number of hydrogen-bond donors (Lipinski definition) is 0. The van der Waals surface area contributed by atoms with E-state index in [0.717, 1.165) is 16.5 Å². The Morgan fingerprint density at radius 2 is 1.97 bits per heavy atom. The van der Waals surface area contributed by atoms with Crippen molar-refractivity contribution < 1.29 is 13.9 Å². The zero-order valence-corrected chi connectivity index (χ0v) is 22.0. The van der Waals surface area contributed by atoms with Gasteiger partial charge < -0.3 is 13.9 Å². The van der Waals surface area contributed by atoms with Crippen molar-refractivity contribution >= 4 is 39.7 Å². The Hall–Kier alpha value is -4.36. The first-order valence-electron chi connectivity index (χ1n) is 12.1. The van der Waals surface area contributed by atoms with Crippen LogP contribution in [0.1, 0.15) is 25.0 Å². The molecule has 5 aromatic rings. The van der Waals surface area contributed by atoms with E-state index < -0.39 is 0 Å². The number of benzene rings is 3. The maximum atomic E-state index is 13.6. The molecule has 2 heterocycles. The molecule has 3 aromatic carbocycles. The molecule has 0 saturated carbocycles. The first-order valence-corrected chi connectivity index (χ1v) is 12.5. The van der Waals surface area contributed by atoms with Crippen LogP contribution in [0.2, 0.25) is 5.02 Å². The fraction of sp³-hybridized carbons (Fsp3) is 0.167. The third-order valence-corrected chi connectivity index (χ3v) is 6.10. The van der Waals surface area contributed by atoms with Gasteiger partial charge in [0.05, 0.1) is 30.3 Å². The van der Waals surface area contributed by atoms with Crippen molar-refractivity contribution in [2.45, 2.75) is 26.4 Å². The van der Waals surface area contributed by atoms with Crippen LogP contribution in [0.3, 0.4) is 0 Å². The van der Waals surface area contributed by atoms with Gasteiger partial charge in [-0.05, 0) is 74.4 Å². The highest BCUT2D eigenvalue weighted by molar-refractivity contribution is 6.31.